The van der Waals surface area contributed by atoms with Gasteiger partial charge in [0, 0.05) is 13.2 Å². The standard InChI is InChI=1S/C14H27NO3/c1-2-3-7-10-18-11-13(16)15-12-14(17)8-5-4-6-9-14/h17H,2-12H2,1H3,(H,15,16). The van der Waals surface area contributed by atoms with Gasteiger partial charge >= 0.3 is 0 Å². The van der Waals surface area contributed by atoms with Crippen LogP contribution in [-0.4, -0.2) is 36.4 Å². The minimum absolute atomic E-state index is 0.111. The van der Waals surface area contributed by atoms with Crippen molar-refractivity contribution in [2.24, 2.45) is 0 Å². The highest BCUT2D eigenvalue weighted by Crippen LogP contribution is 2.27. The number of unbranched alkanes of at least 4 members (excludes halogenated alkanes) is 2. The third kappa shape index (κ3) is 6.36. The van der Waals surface area contributed by atoms with E-state index in [0.717, 1.165) is 44.9 Å². The summed E-state index contributed by atoms with van der Waals surface area (Å²) in [5.74, 6) is -0.120. The number of hydrogen-bond donors (Lipinski definition) is 2. The molecule has 0 aromatic carbocycles. The molecule has 2 N–H and O–H groups in total. The van der Waals surface area contributed by atoms with Crippen LogP contribution in [0, 0.1) is 0 Å². The maximum absolute atomic E-state index is 11.5. The molecule has 0 unspecified atom stereocenters. The number of carbonyl (C=O) groups excluding carboxylic acids is 1. The number of amides is 1. The molecule has 0 radical (unpaired) electrons. The fraction of sp³-hybridized carbons (Fsp3) is 0.929. The van der Waals surface area contributed by atoms with Crippen LogP contribution in [0.5, 0.6) is 0 Å². The summed E-state index contributed by atoms with van der Waals surface area (Å²) < 4.78 is 5.28. The van der Waals surface area contributed by atoms with Gasteiger partial charge in [-0.3, -0.25) is 4.79 Å². The van der Waals surface area contributed by atoms with Crippen LogP contribution >= 0.6 is 0 Å². The first-order chi connectivity index (χ1) is 8.66. The van der Waals surface area contributed by atoms with Crippen molar-refractivity contribution in [3.8, 4) is 0 Å². The molecule has 1 fully saturated rings. The Hall–Kier alpha value is -0.610. The molecule has 0 aromatic rings. The van der Waals surface area contributed by atoms with E-state index in [9.17, 15) is 9.90 Å². The van der Waals surface area contributed by atoms with Gasteiger partial charge in [-0.05, 0) is 19.3 Å². The molecule has 0 saturated heterocycles. The molecule has 1 aliphatic rings. The zero-order chi connectivity index (χ0) is 13.3. The average Bonchev–Trinajstić information content (AvgIpc) is 2.37. The predicted molar refractivity (Wildman–Crippen MR) is 71.4 cm³/mol. The molecule has 106 valence electrons. The topological polar surface area (TPSA) is 58.6 Å². The Morgan fingerprint density at radius 3 is 2.67 bits per heavy atom. The van der Waals surface area contributed by atoms with Crippen molar-refractivity contribution < 1.29 is 14.6 Å². The zero-order valence-electron chi connectivity index (χ0n) is 11.5. The summed E-state index contributed by atoms with van der Waals surface area (Å²) in [6.07, 6.45) is 8.20. The van der Waals surface area contributed by atoms with Crippen LogP contribution in [0.2, 0.25) is 0 Å². The second-order valence-electron chi connectivity index (χ2n) is 5.32. The van der Waals surface area contributed by atoms with E-state index in [1.54, 1.807) is 0 Å². The largest absolute Gasteiger partial charge is 0.388 e. The average molecular weight is 257 g/mol. The number of ether oxygens (including phenoxy) is 1. The molecule has 0 atom stereocenters. The maximum atomic E-state index is 11.5. The molecule has 0 heterocycles. The Bertz CT molecular complexity index is 237. The van der Waals surface area contributed by atoms with Crippen molar-refractivity contribution in [1.29, 1.82) is 0 Å². The Balaban J connectivity index is 2.05. The van der Waals surface area contributed by atoms with Crippen LogP contribution < -0.4 is 5.32 Å². The first-order valence-corrected chi connectivity index (χ1v) is 7.23. The van der Waals surface area contributed by atoms with Crippen molar-refractivity contribution in [2.45, 2.75) is 63.9 Å². The third-order valence-electron chi connectivity index (χ3n) is 3.52. The lowest BCUT2D eigenvalue weighted by Gasteiger charge is -2.32. The van der Waals surface area contributed by atoms with Gasteiger partial charge in [-0.15, -0.1) is 0 Å². The highest BCUT2D eigenvalue weighted by Gasteiger charge is 2.29. The molecule has 4 heteroatoms. The van der Waals surface area contributed by atoms with Crippen LogP contribution in [0.3, 0.4) is 0 Å². The van der Waals surface area contributed by atoms with Gasteiger partial charge in [0.25, 0.3) is 0 Å². The molecule has 4 nitrogen and oxygen atoms in total. The van der Waals surface area contributed by atoms with Crippen LogP contribution in [0.1, 0.15) is 58.3 Å². The summed E-state index contributed by atoms with van der Waals surface area (Å²) in [5.41, 5.74) is -0.684. The number of carbonyl (C=O) groups is 1. The minimum atomic E-state index is -0.684. The zero-order valence-corrected chi connectivity index (χ0v) is 11.5. The van der Waals surface area contributed by atoms with Gasteiger partial charge in [-0.1, -0.05) is 39.0 Å². The fourth-order valence-corrected chi connectivity index (χ4v) is 2.32. The van der Waals surface area contributed by atoms with E-state index in [-0.39, 0.29) is 12.5 Å². The van der Waals surface area contributed by atoms with E-state index >= 15 is 0 Å². The molecule has 0 bridgehead atoms. The van der Waals surface area contributed by atoms with Crippen LogP contribution in [0.25, 0.3) is 0 Å². The monoisotopic (exact) mass is 257 g/mol. The summed E-state index contributed by atoms with van der Waals surface area (Å²) in [7, 11) is 0. The summed E-state index contributed by atoms with van der Waals surface area (Å²) in [6, 6.07) is 0. The van der Waals surface area contributed by atoms with Crippen molar-refractivity contribution in [3.05, 3.63) is 0 Å². The van der Waals surface area contributed by atoms with Gasteiger partial charge in [0.2, 0.25) is 5.91 Å². The molecule has 1 aliphatic carbocycles. The first-order valence-electron chi connectivity index (χ1n) is 7.23. The molecule has 0 spiro atoms. The third-order valence-corrected chi connectivity index (χ3v) is 3.52. The number of hydrogen-bond acceptors (Lipinski definition) is 3. The second-order valence-corrected chi connectivity index (χ2v) is 5.32. The molecular formula is C14H27NO3. The van der Waals surface area contributed by atoms with Gasteiger partial charge in [-0.2, -0.15) is 0 Å². The maximum Gasteiger partial charge on any atom is 0.246 e. The normalized spacial score (nSPS) is 18.6. The van der Waals surface area contributed by atoms with E-state index in [1.807, 2.05) is 0 Å². The van der Waals surface area contributed by atoms with Crippen molar-refractivity contribution in [2.75, 3.05) is 19.8 Å². The second kappa shape index (κ2) is 8.48. The highest BCUT2D eigenvalue weighted by molar-refractivity contribution is 5.77. The molecule has 0 aliphatic heterocycles. The van der Waals surface area contributed by atoms with Crippen molar-refractivity contribution in [3.63, 3.8) is 0 Å². The fourth-order valence-electron chi connectivity index (χ4n) is 2.32. The molecule has 18 heavy (non-hydrogen) atoms. The quantitative estimate of drug-likeness (QED) is 0.654. The Kier molecular flexibility index (Phi) is 7.28. The summed E-state index contributed by atoms with van der Waals surface area (Å²) in [5, 5.41) is 13.0. The van der Waals surface area contributed by atoms with Crippen molar-refractivity contribution in [1.82, 2.24) is 5.32 Å². The van der Waals surface area contributed by atoms with E-state index in [1.165, 1.54) is 6.42 Å². The van der Waals surface area contributed by atoms with Gasteiger partial charge < -0.3 is 15.2 Å². The molecular weight excluding hydrogens is 230 g/mol. The summed E-state index contributed by atoms with van der Waals surface area (Å²) >= 11 is 0. The summed E-state index contributed by atoms with van der Waals surface area (Å²) in [6.45, 7) is 3.26. The van der Waals surface area contributed by atoms with Gasteiger partial charge in [0.1, 0.15) is 6.61 Å². The van der Waals surface area contributed by atoms with E-state index < -0.39 is 5.60 Å². The molecule has 0 aromatic heterocycles. The van der Waals surface area contributed by atoms with Gasteiger partial charge in [-0.25, -0.2) is 0 Å². The Labute approximate surface area is 110 Å². The first kappa shape index (κ1) is 15.4. The molecule has 1 amide bonds. The summed E-state index contributed by atoms with van der Waals surface area (Å²) in [4.78, 5) is 11.5. The Morgan fingerprint density at radius 2 is 2.00 bits per heavy atom. The lowest BCUT2D eigenvalue weighted by atomic mass is 9.85. The van der Waals surface area contributed by atoms with Gasteiger partial charge in [0.15, 0.2) is 0 Å². The highest BCUT2D eigenvalue weighted by atomic mass is 16.5. The van der Waals surface area contributed by atoms with E-state index in [0.29, 0.717) is 13.2 Å². The van der Waals surface area contributed by atoms with E-state index in [4.69, 9.17) is 4.74 Å². The van der Waals surface area contributed by atoms with Crippen LogP contribution in [0.15, 0.2) is 0 Å². The lowest BCUT2D eigenvalue weighted by Crippen LogP contribution is -2.45. The SMILES string of the molecule is CCCCCOCC(=O)NCC1(O)CCCCC1. The lowest BCUT2D eigenvalue weighted by molar-refractivity contribution is -0.127. The molecule has 1 saturated carbocycles. The smallest absolute Gasteiger partial charge is 0.246 e. The van der Waals surface area contributed by atoms with Crippen LogP contribution in [-0.2, 0) is 9.53 Å². The number of rotatable bonds is 8. The number of nitrogens with one attached hydrogen (secondary N) is 1. The molecule has 1 rings (SSSR count). The van der Waals surface area contributed by atoms with Crippen LogP contribution in [0.4, 0.5) is 0 Å². The number of aliphatic hydroxyl groups is 1. The minimum Gasteiger partial charge on any atom is -0.388 e. The van der Waals surface area contributed by atoms with E-state index in [2.05, 4.69) is 12.2 Å². The Morgan fingerprint density at radius 1 is 1.28 bits per heavy atom. The van der Waals surface area contributed by atoms with Gasteiger partial charge in [0.05, 0.1) is 5.60 Å². The van der Waals surface area contributed by atoms with Crippen molar-refractivity contribution >= 4 is 5.91 Å². The predicted octanol–water partition coefficient (Wildman–Crippen LogP) is 2.00.